The summed E-state index contributed by atoms with van der Waals surface area (Å²) < 4.78 is 18.1. The molecular weight excluding hydrogens is 297 g/mol. The molecule has 6 heteroatoms. The first-order valence-corrected chi connectivity index (χ1v) is 7.00. The van der Waals surface area contributed by atoms with Crippen LogP contribution in [0.3, 0.4) is 0 Å². The van der Waals surface area contributed by atoms with Crippen LogP contribution in [0.15, 0.2) is 65.4 Å². The molecule has 0 aliphatic rings. The van der Waals surface area contributed by atoms with Crippen molar-refractivity contribution in [2.75, 3.05) is 5.32 Å². The van der Waals surface area contributed by atoms with Crippen LogP contribution in [0.25, 0.3) is 11.5 Å². The van der Waals surface area contributed by atoms with Gasteiger partial charge in [0.15, 0.2) is 5.76 Å². The molecular formula is C17H14FN3O2. The first kappa shape index (κ1) is 14.8. The van der Waals surface area contributed by atoms with E-state index >= 15 is 0 Å². The van der Waals surface area contributed by atoms with Gasteiger partial charge in [0.05, 0.1) is 6.26 Å². The minimum absolute atomic E-state index is 0.337. The number of nitrogens with zero attached hydrogens (tertiary/aromatic N) is 1. The van der Waals surface area contributed by atoms with E-state index in [1.807, 2.05) is 18.2 Å². The number of carbonyl (C=O) groups excluding carboxylic acids is 1. The lowest BCUT2D eigenvalue weighted by atomic mass is 10.2. The molecule has 0 saturated carbocycles. The lowest BCUT2D eigenvalue weighted by Crippen LogP contribution is -2.28. The van der Waals surface area contributed by atoms with Crippen molar-refractivity contribution in [1.82, 2.24) is 10.3 Å². The summed E-state index contributed by atoms with van der Waals surface area (Å²) in [6.07, 6.45) is 3.24. The van der Waals surface area contributed by atoms with Crippen LogP contribution < -0.4 is 10.6 Å². The highest BCUT2D eigenvalue weighted by molar-refractivity contribution is 5.89. The van der Waals surface area contributed by atoms with E-state index < -0.39 is 0 Å². The van der Waals surface area contributed by atoms with Crippen molar-refractivity contribution < 1.29 is 13.6 Å². The first-order chi connectivity index (χ1) is 11.2. The quantitative estimate of drug-likeness (QED) is 0.770. The molecule has 0 aliphatic carbocycles. The highest BCUT2D eigenvalue weighted by Crippen LogP contribution is 2.18. The molecule has 0 unspecified atom stereocenters. The number of nitrogens with one attached hydrogen (secondary N) is 2. The van der Waals surface area contributed by atoms with Crippen LogP contribution in [-0.2, 0) is 6.54 Å². The number of benzene rings is 1. The standard InChI is InChI=1S/C17H14FN3O2/c18-13-3-5-14(6-4-13)21-17(22)20-11-12-7-8-19-15(10-12)16-2-1-9-23-16/h1-10H,11H2,(H2,20,21,22). The van der Waals surface area contributed by atoms with Crippen LogP contribution >= 0.6 is 0 Å². The summed E-state index contributed by atoms with van der Waals surface area (Å²) in [5, 5.41) is 5.36. The van der Waals surface area contributed by atoms with E-state index in [2.05, 4.69) is 15.6 Å². The van der Waals surface area contributed by atoms with Gasteiger partial charge in [-0.1, -0.05) is 0 Å². The van der Waals surface area contributed by atoms with Crippen molar-refractivity contribution in [2.45, 2.75) is 6.54 Å². The van der Waals surface area contributed by atoms with Gasteiger partial charge in [-0.2, -0.15) is 0 Å². The number of amides is 2. The number of urea groups is 1. The van der Waals surface area contributed by atoms with E-state index in [4.69, 9.17) is 4.42 Å². The predicted molar refractivity (Wildman–Crippen MR) is 84.2 cm³/mol. The van der Waals surface area contributed by atoms with Crippen molar-refractivity contribution >= 4 is 11.7 Å². The average molecular weight is 311 g/mol. The van der Waals surface area contributed by atoms with Gasteiger partial charge in [0.1, 0.15) is 11.5 Å². The molecule has 3 aromatic rings. The normalized spacial score (nSPS) is 10.3. The summed E-state index contributed by atoms with van der Waals surface area (Å²) in [6, 6.07) is 12.5. The molecule has 3 rings (SSSR count). The molecule has 0 atom stereocenters. The van der Waals surface area contributed by atoms with E-state index in [9.17, 15) is 9.18 Å². The van der Waals surface area contributed by atoms with E-state index in [0.717, 1.165) is 5.56 Å². The lowest BCUT2D eigenvalue weighted by Gasteiger charge is -2.08. The molecule has 2 aromatic heterocycles. The fourth-order valence-electron chi connectivity index (χ4n) is 2.03. The minimum Gasteiger partial charge on any atom is -0.463 e. The second-order valence-electron chi connectivity index (χ2n) is 4.84. The molecule has 0 bridgehead atoms. The Hall–Kier alpha value is -3.15. The third-order valence-electron chi connectivity index (χ3n) is 3.15. The zero-order valence-corrected chi connectivity index (χ0v) is 12.1. The number of hydrogen-bond donors (Lipinski definition) is 2. The summed E-state index contributed by atoms with van der Waals surface area (Å²) in [5.74, 6) is 0.320. The van der Waals surface area contributed by atoms with Gasteiger partial charge in [-0.05, 0) is 54.1 Å². The number of anilines is 1. The zero-order valence-electron chi connectivity index (χ0n) is 12.1. The number of rotatable bonds is 4. The van der Waals surface area contributed by atoms with Crippen LogP contribution in [0.4, 0.5) is 14.9 Å². The smallest absolute Gasteiger partial charge is 0.319 e. The number of hydrogen-bond acceptors (Lipinski definition) is 3. The van der Waals surface area contributed by atoms with Crippen molar-refractivity contribution in [2.24, 2.45) is 0 Å². The molecule has 23 heavy (non-hydrogen) atoms. The topological polar surface area (TPSA) is 67.2 Å². The molecule has 0 radical (unpaired) electrons. The second-order valence-corrected chi connectivity index (χ2v) is 4.84. The summed E-state index contributed by atoms with van der Waals surface area (Å²) in [6.45, 7) is 0.337. The zero-order chi connectivity index (χ0) is 16.1. The summed E-state index contributed by atoms with van der Waals surface area (Å²) >= 11 is 0. The largest absolute Gasteiger partial charge is 0.463 e. The van der Waals surface area contributed by atoms with Gasteiger partial charge < -0.3 is 15.1 Å². The van der Waals surface area contributed by atoms with Crippen LogP contribution in [0.5, 0.6) is 0 Å². The maximum Gasteiger partial charge on any atom is 0.319 e. The summed E-state index contributed by atoms with van der Waals surface area (Å²) in [5.41, 5.74) is 2.11. The van der Waals surface area contributed by atoms with Crippen molar-refractivity contribution in [3.05, 3.63) is 72.4 Å². The third kappa shape index (κ3) is 3.94. The van der Waals surface area contributed by atoms with Gasteiger partial charge in [0.2, 0.25) is 0 Å². The Morgan fingerprint density at radius 3 is 2.74 bits per heavy atom. The lowest BCUT2D eigenvalue weighted by molar-refractivity contribution is 0.251. The molecule has 2 amide bonds. The Morgan fingerprint density at radius 2 is 2.00 bits per heavy atom. The molecule has 1 aromatic carbocycles. The maximum absolute atomic E-state index is 12.8. The molecule has 5 nitrogen and oxygen atoms in total. The van der Waals surface area contributed by atoms with E-state index in [0.29, 0.717) is 23.7 Å². The number of aromatic nitrogens is 1. The van der Waals surface area contributed by atoms with Gasteiger partial charge >= 0.3 is 6.03 Å². The molecule has 0 aliphatic heterocycles. The summed E-state index contributed by atoms with van der Waals surface area (Å²) in [4.78, 5) is 16.1. The SMILES string of the molecule is O=C(NCc1ccnc(-c2ccco2)c1)Nc1ccc(F)cc1. The van der Waals surface area contributed by atoms with Gasteiger partial charge in [-0.3, -0.25) is 4.98 Å². The Morgan fingerprint density at radius 1 is 1.17 bits per heavy atom. The highest BCUT2D eigenvalue weighted by atomic mass is 19.1. The van der Waals surface area contributed by atoms with Crippen LogP contribution in [0.2, 0.25) is 0 Å². The van der Waals surface area contributed by atoms with E-state index in [1.54, 1.807) is 18.5 Å². The number of halogens is 1. The second kappa shape index (κ2) is 6.74. The fraction of sp³-hybridized carbons (Fsp3) is 0.0588. The molecule has 2 N–H and O–H groups in total. The minimum atomic E-state index is -0.368. The van der Waals surface area contributed by atoms with Crippen LogP contribution in [0.1, 0.15) is 5.56 Å². The first-order valence-electron chi connectivity index (χ1n) is 7.00. The third-order valence-corrected chi connectivity index (χ3v) is 3.15. The van der Waals surface area contributed by atoms with Gasteiger partial charge in [-0.15, -0.1) is 0 Å². The van der Waals surface area contributed by atoms with Crippen molar-refractivity contribution in [1.29, 1.82) is 0 Å². The average Bonchev–Trinajstić information content (AvgIpc) is 3.10. The molecule has 116 valence electrons. The Bertz CT molecular complexity index is 786. The van der Waals surface area contributed by atoms with Gasteiger partial charge in [-0.25, -0.2) is 9.18 Å². The molecule has 0 spiro atoms. The highest BCUT2D eigenvalue weighted by Gasteiger charge is 2.05. The molecule has 2 heterocycles. The maximum atomic E-state index is 12.8. The van der Waals surface area contributed by atoms with Crippen LogP contribution in [-0.4, -0.2) is 11.0 Å². The number of carbonyl (C=O) groups is 1. The molecule has 0 fully saturated rings. The monoisotopic (exact) mass is 311 g/mol. The summed E-state index contributed by atoms with van der Waals surface area (Å²) in [7, 11) is 0. The fourth-order valence-corrected chi connectivity index (χ4v) is 2.03. The number of furan rings is 1. The van der Waals surface area contributed by atoms with E-state index in [-0.39, 0.29) is 11.8 Å². The van der Waals surface area contributed by atoms with Crippen molar-refractivity contribution in [3.63, 3.8) is 0 Å². The molecule has 0 saturated heterocycles. The van der Waals surface area contributed by atoms with Gasteiger partial charge in [0.25, 0.3) is 0 Å². The Balaban J connectivity index is 1.58. The van der Waals surface area contributed by atoms with Crippen molar-refractivity contribution in [3.8, 4) is 11.5 Å². The van der Waals surface area contributed by atoms with Gasteiger partial charge in [0, 0.05) is 18.4 Å². The predicted octanol–water partition coefficient (Wildman–Crippen LogP) is 3.80. The van der Waals surface area contributed by atoms with Crippen LogP contribution in [0, 0.1) is 5.82 Å². The number of pyridine rings is 1. The Labute approximate surface area is 132 Å². The van der Waals surface area contributed by atoms with E-state index in [1.165, 1.54) is 24.3 Å². The Kier molecular flexibility index (Phi) is 4.33.